The second-order valence-corrected chi connectivity index (χ2v) is 5.88. The molecule has 0 aromatic heterocycles. The summed E-state index contributed by atoms with van der Waals surface area (Å²) in [6.07, 6.45) is 0. The molecular weight excluding hydrogens is 308 g/mol. The van der Waals surface area contributed by atoms with Gasteiger partial charge in [0.2, 0.25) is 0 Å². The van der Waals surface area contributed by atoms with Gasteiger partial charge in [0, 0.05) is 37.2 Å². The van der Waals surface area contributed by atoms with Crippen LogP contribution in [0.4, 0.5) is 0 Å². The number of hydrogen-bond donors (Lipinski definition) is 1. The molecule has 0 atom stereocenters. The smallest absolute Gasteiger partial charge is 0.317 e. The van der Waals surface area contributed by atoms with E-state index in [1.807, 2.05) is 4.90 Å². The minimum atomic E-state index is -0.739. The van der Waals surface area contributed by atoms with Crippen molar-refractivity contribution >= 4 is 21.9 Å². The molecule has 1 N–H and O–H groups in total. The largest absolute Gasteiger partial charge is 0.480 e. The SMILES string of the molecule is Cc1cc(CN2CCN(CC(=O)O)CC2)ccc1Br. The van der Waals surface area contributed by atoms with Gasteiger partial charge in [0.1, 0.15) is 0 Å². The van der Waals surface area contributed by atoms with Crippen LogP contribution >= 0.6 is 15.9 Å². The average molecular weight is 327 g/mol. The van der Waals surface area contributed by atoms with Crippen LogP contribution in [-0.4, -0.2) is 53.6 Å². The van der Waals surface area contributed by atoms with Crippen molar-refractivity contribution in [1.82, 2.24) is 9.80 Å². The lowest BCUT2D eigenvalue weighted by molar-refractivity contribution is -0.138. The van der Waals surface area contributed by atoms with Gasteiger partial charge in [0.25, 0.3) is 0 Å². The molecule has 5 heteroatoms. The topological polar surface area (TPSA) is 43.8 Å². The second-order valence-electron chi connectivity index (χ2n) is 5.03. The van der Waals surface area contributed by atoms with E-state index >= 15 is 0 Å². The summed E-state index contributed by atoms with van der Waals surface area (Å²) in [5, 5.41) is 8.76. The summed E-state index contributed by atoms with van der Waals surface area (Å²) < 4.78 is 1.14. The molecule has 1 saturated heterocycles. The average Bonchev–Trinajstić information content (AvgIpc) is 2.36. The zero-order valence-corrected chi connectivity index (χ0v) is 12.7. The Kier molecular flexibility index (Phi) is 4.96. The Morgan fingerprint density at radius 1 is 1.26 bits per heavy atom. The van der Waals surface area contributed by atoms with Crippen molar-refractivity contribution < 1.29 is 9.90 Å². The number of hydrogen-bond acceptors (Lipinski definition) is 3. The number of aryl methyl sites for hydroxylation is 1. The highest BCUT2D eigenvalue weighted by molar-refractivity contribution is 9.10. The van der Waals surface area contributed by atoms with Crippen LogP contribution in [0.2, 0.25) is 0 Å². The first-order valence-corrected chi connectivity index (χ1v) is 7.25. The van der Waals surface area contributed by atoms with E-state index in [0.717, 1.165) is 37.2 Å². The molecule has 0 radical (unpaired) electrons. The number of halogens is 1. The standard InChI is InChI=1S/C14H19BrN2O2/c1-11-8-12(2-3-13(11)15)9-16-4-6-17(7-5-16)10-14(18)19/h2-3,8H,4-7,9-10H2,1H3,(H,18,19). The Bertz CT molecular complexity index is 457. The van der Waals surface area contributed by atoms with Crippen molar-refractivity contribution in [1.29, 1.82) is 0 Å². The van der Waals surface area contributed by atoms with E-state index in [9.17, 15) is 4.79 Å². The van der Waals surface area contributed by atoms with Crippen LogP contribution in [0.5, 0.6) is 0 Å². The molecule has 1 aliphatic heterocycles. The lowest BCUT2D eigenvalue weighted by atomic mass is 10.1. The second kappa shape index (κ2) is 6.50. The molecule has 2 rings (SSSR count). The fourth-order valence-electron chi connectivity index (χ4n) is 2.36. The van der Waals surface area contributed by atoms with Crippen LogP contribution in [0.1, 0.15) is 11.1 Å². The monoisotopic (exact) mass is 326 g/mol. The molecule has 0 spiro atoms. The maximum Gasteiger partial charge on any atom is 0.317 e. The molecular formula is C14H19BrN2O2. The van der Waals surface area contributed by atoms with Crippen molar-refractivity contribution in [2.75, 3.05) is 32.7 Å². The van der Waals surface area contributed by atoms with Crippen molar-refractivity contribution in [3.63, 3.8) is 0 Å². The molecule has 1 aromatic carbocycles. The third-order valence-electron chi connectivity index (χ3n) is 3.45. The molecule has 19 heavy (non-hydrogen) atoms. The van der Waals surface area contributed by atoms with Gasteiger partial charge in [-0.05, 0) is 24.1 Å². The van der Waals surface area contributed by atoms with Gasteiger partial charge in [-0.2, -0.15) is 0 Å². The molecule has 104 valence electrons. The summed E-state index contributed by atoms with van der Waals surface area (Å²) >= 11 is 3.51. The lowest BCUT2D eigenvalue weighted by Gasteiger charge is -2.33. The molecule has 4 nitrogen and oxygen atoms in total. The summed E-state index contributed by atoms with van der Waals surface area (Å²) in [4.78, 5) is 15.0. The number of piperazine rings is 1. The Morgan fingerprint density at radius 2 is 1.89 bits per heavy atom. The molecule has 0 saturated carbocycles. The molecule has 0 amide bonds. The van der Waals surface area contributed by atoms with E-state index in [-0.39, 0.29) is 6.54 Å². The first-order valence-electron chi connectivity index (χ1n) is 6.46. The minimum absolute atomic E-state index is 0.158. The van der Waals surface area contributed by atoms with Gasteiger partial charge in [-0.3, -0.25) is 14.6 Å². The van der Waals surface area contributed by atoms with Crippen molar-refractivity contribution in [2.24, 2.45) is 0 Å². The van der Waals surface area contributed by atoms with Crippen molar-refractivity contribution in [3.8, 4) is 0 Å². The van der Waals surface area contributed by atoms with Gasteiger partial charge in [0.15, 0.2) is 0 Å². The molecule has 0 bridgehead atoms. The van der Waals surface area contributed by atoms with E-state index in [2.05, 4.69) is 46.0 Å². The predicted molar refractivity (Wildman–Crippen MR) is 78.2 cm³/mol. The van der Waals surface area contributed by atoms with Crippen LogP contribution in [-0.2, 0) is 11.3 Å². The highest BCUT2D eigenvalue weighted by Crippen LogP contribution is 2.18. The highest BCUT2D eigenvalue weighted by Gasteiger charge is 2.18. The van der Waals surface area contributed by atoms with Crippen LogP contribution < -0.4 is 0 Å². The minimum Gasteiger partial charge on any atom is -0.480 e. The maximum atomic E-state index is 10.6. The third-order valence-corrected chi connectivity index (χ3v) is 4.34. The molecule has 1 aromatic rings. The lowest BCUT2D eigenvalue weighted by Crippen LogP contribution is -2.47. The Morgan fingerprint density at radius 3 is 2.47 bits per heavy atom. The quantitative estimate of drug-likeness (QED) is 0.918. The first-order chi connectivity index (χ1) is 9.04. The number of carbonyl (C=O) groups is 1. The number of nitrogens with zero attached hydrogens (tertiary/aromatic N) is 2. The number of rotatable bonds is 4. The zero-order chi connectivity index (χ0) is 13.8. The van der Waals surface area contributed by atoms with Gasteiger partial charge in [-0.15, -0.1) is 0 Å². The molecule has 1 heterocycles. The van der Waals surface area contributed by atoms with Gasteiger partial charge in [0.05, 0.1) is 6.54 Å². The summed E-state index contributed by atoms with van der Waals surface area (Å²) in [5.41, 5.74) is 2.56. The van der Waals surface area contributed by atoms with Crippen LogP contribution in [0.15, 0.2) is 22.7 Å². The number of benzene rings is 1. The number of carboxylic acids is 1. The molecule has 1 aliphatic rings. The van der Waals surface area contributed by atoms with Crippen LogP contribution in [0.3, 0.4) is 0 Å². The van der Waals surface area contributed by atoms with Crippen LogP contribution in [0.25, 0.3) is 0 Å². The summed E-state index contributed by atoms with van der Waals surface area (Å²) in [6, 6.07) is 6.43. The highest BCUT2D eigenvalue weighted by atomic mass is 79.9. The number of carboxylic acid groups (broad SMARTS) is 1. The van der Waals surface area contributed by atoms with E-state index in [1.165, 1.54) is 11.1 Å². The Labute approximate surface area is 122 Å². The van der Waals surface area contributed by atoms with Crippen molar-refractivity contribution in [2.45, 2.75) is 13.5 Å². The normalized spacial score (nSPS) is 17.6. The summed E-state index contributed by atoms with van der Waals surface area (Å²) in [5.74, 6) is -0.739. The Hall–Kier alpha value is -0.910. The fraction of sp³-hybridized carbons (Fsp3) is 0.500. The van der Waals surface area contributed by atoms with E-state index in [1.54, 1.807) is 0 Å². The maximum absolute atomic E-state index is 10.6. The number of aliphatic carboxylic acids is 1. The van der Waals surface area contributed by atoms with E-state index in [0.29, 0.717) is 0 Å². The van der Waals surface area contributed by atoms with Crippen molar-refractivity contribution in [3.05, 3.63) is 33.8 Å². The van der Waals surface area contributed by atoms with Gasteiger partial charge >= 0.3 is 5.97 Å². The Balaban J connectivity index is 1.85. The summed E-state index contributed by atoms with van der Waals surface area (Å²) in [6.45, 7) is 6.73. The fourth-order valence-corrected chi connectivity index (χ4v) is 2.61. The molecule has 0 aliphatic carbocycles. The molecule has 0 unspecified atom stereocenters. The summed E-state index contributed by atoms with van der Waals surface area (Å²) in [7, 11) is 0. The third kappa shape index (κ3) is 4.30. The zero-order valence-electron chi connectivity index (χ0n) is 11.1. The van der Waals surface area contributed by atoms with E-state index < -0.39 is 5.97 Å². The first kappa shape index (κ1) is 14.5. The van der Waals surface area contributed by atoms with Crippen LogP contribution in [0, 0.1) is 6.92 Å². The van der Waals surface area contributed by atoms with E-state index in [4.69, 9.17) is 5.11 Å². The van der Waals surface area contributed by atoms with Gasteiger partial charge in [-0.1, -0.05) is 28.1 Å². The van der Waals surface area contributed by atoms with Gasteiger partial charge < -0.3 is 5.11 Å². The predicted octanol–water partition coefficient (Wildman–Crippen LogP) is 1.96. The van der Waals surface area contributed by atoms with Gasteiger partial charge in [-0.25, -0.2) is 0 Å². The molecule has 1 fully saturated rings.